The first-order valence-electron chi connectivity index (χ1n) is 5.67. The molecule has 0 aliphatic heterocycles. The van der Waals surface area contributed by atoms with Crippen LogP contribution in [0, 0.1) is 6.92 Å². The molecule has 96 valence electrons. The summed E-state index contributed by atoms with van der Waals surface area (Å²) in [4.78, 5) is 13.8. The van der Waals surface area contributed by atoms with E-state index in [1.54, 1.807) is 6.07 Å². The lowest BCUT2D eigenvalue weighted by Crippen LogP contribution is -2.48. The van der Waals surface area contributed by atoms with Crippen molar-refractivity contribution in [2.24, 2.45) is 0 Å². The summed E-state index contributed by atoms with van der Waals surface area (Å²) in [7, 11) is 3.99. The molecule has 1 aromatic rings. The Labute approximate surface area is 102 Å². The number of nitrogens with one attached hydrogen (secondary N) is 1. The molecule has 5 heteroatoms. The molecule has 1 rings (SSSR count). The van der Waals surface area contributed by atoms with Gasteiger partial charge in [0.25, 0.3) is 0 Å². The van der Waals surface area contributed by atoms with Gasteiger partial charge in [-0.2, -0.15) is 0 Å². The normalized spacial score (nSPS) is 11.9. The second-order valence-corrected chi connectivity index (χ2v) is 5.09. The fourth-order valence-corrected chi connectivity index (χ4v) is 1.20. The topological polar surface area (TPSA) is 58.4 Å². The van der Waals surface area contributed by atoms with E-state index in [2.05, 4.69) is 29.2 Å². The molecule has 1 aromatic heterocycles. The largest absolute Gasteiger partial charge is 0.361 e. The quantitative estimate of drug-likeness (QED) is 0.832. The van der Waals surface area contributed by atoms with Crippen molar-refractivity contribution in [3.8, 4) is 0 Å². The van der Waals surface area contributed by atoms with Crippen LogP contribution in [0.15, 0.2) is 10.6 Å². The van der Waals surface area contributed by atoms with E-state index in [-0.39, 0.29) is 17.9 Å². The average molecular weight is 239 g/mol. The maximum absolute atomic E-state index is 11.7. The van der Waals surface area contributed by atoms with Gasteiger partial charge in [-0.15, -0.1) is 0 Å². The summed E-state index contributed by atoms with van der Waals surface area (Å²) in [5.41, 5.74) is 0.609. The summed E-state index contributed by atoms with van der Waals surface area (Å²) < 4.78 is 4.91. The third-order valence-electron chi connectivity index (χ3n) is 2.95. The number of amides is 1. The van der Waals surface area contributed by atoms with Crippen LogP contribution < -0.4 is 5.32 Å². The first-order chi connectivity index (χ1) is 7.81. The molecule has 0 spiro atoms. The number of nitrogens with zero attached hydrogens (tertiary/aromatic N) is 2. The lowest BCUT2D eigenvalue weighted by atomic mass is 10.0. The minimum absolute atomic E-state index is 0.0341. The van der Waals surface area contributed by atoms with E-state index in [1.807, 2.05) is 21.0 Å². The van der Waals surface area contributed by atoms with Crippen molar-refractivity contribution in [1.29, 1.82) is 0 Å². The summed E-state index contributed by atoms with van der Waals surface area (Å²) in [6.07, 6.45) is 0.265. The van der Waals surface area contributed by atoms with E-state index in [0.717, 1.165) is 5.76 Å². The van der Waals surface area contributed by atoms with Gasteiger partial charge in [0.15, 0.2) is 0 Å². The zero-order valence-corrected chi connectivity index (χ0v) is 11.2. The third-order valence-corrected chi connectivity index (χ3v) is 2.95. The molecular formula is C12H21N3O2. The maximum Gasteiger partial charge on any atom is 0.226 e. The molecule has 17 heavy (non-hydrogen) atoms. The SMILES string of the molecule is Cc1cc(CC(=O)NCC(C)(C)N(C)C)no1. The van der Waals surface area contributed by atoms with Gasteiger partial charge in [-0.3, -0.25) is 4.79 Å². The summed E-state index contributed by atoms with van der Waals surface area (Å²) >= 11 is 0. The lowest BCUT2D eigenvalue weighted by Gasteiger charge is -2.32. The van der Waals surface area contributed by atoms with E-state index >= 15 is 0 Å². The van der Waals surface area contributed by atoms with Gasteiger partial charge in [-0.1, -0.05) is 5.16 Å². The molecule has 0 radical (unpaired) electrons. The lowest BCUT2D eigenvalue weighted by molar-refractivity contribution is -0.121. The Kier molecular flexibility index (Phi) is 4.28. The molecule has 0 atom stereocenters. The maximum atomic E-state index is 11.7. The minimum atomic E-state index is -0.0601. The highest BCUT2D eigenvalue weighted by Gasteiger charge is 2.21. The predicted molar refractivity (Wildman–Crippen MR) is 65.7 cm³/mol. The molecule has 0 bridgehead atoms. The number of likely N-dealkylation sites (N-methyl/N-ethyl adjacent to an activating group) is 1. The highest BCUT2D eigenvalue weighted by molar-refractivity contribution is 5.78. The van der Waals surface area contributed by atoms with Crippen LogP contribution in [0.5, 0.6) is 0 Å². The zero-order valence-electron chi connectivity index (χ0n) is 11.2. The van der Waals surface area contributed by atoms with Crippen LogP contribution >= 0.6 is 0 Å². The third kappa shape index (κ3) is 4.19. The van der Waals surface area contributed by atoms with Crippen molar-refractivity contribution in [2.75, 3.05) is 20.6 Å². The Morgan fingerprint density at radius 2 is 2.18 bits per heavy atom. The molecule has 1 heterocycles. The number of rotatable bonds is 5. The molecule has 5 nitrogen and oxygen atoms in total. The van der Waals surface area contributed by atoms with Crippen LogP contribution in [-0.4, -0.2) is 42.1 Å². The Hall–Kier alpha value is -1.36. The van der Waals surface area contributed by atoms with E-state index in [4.69, 9.17) is 4.52 Å². The Balaban J connectivity index is 2.41. The Morgan fingerprint density at radius 1 is 1.53 bits per heavy atom. The van der Waals surface area contributed by atoms with Crippen LogP contribution in [0.3, 0.4) is 0 Å². The fraction of sp³-hybridized carbons (Fsp3) is 0.667. The van der Waals surface area contributed by atoms with Gasteiger partial charge in [0, 0.05) is 18.2 Å². The number of hydrogen-bond donors (Lipinski definition) is 1. The molecular weight excluding hydrogens is 218 g/mol. The van der Waals surface area contributed by atoms with Crippen molar-refractivity contribution < 1.29 is 9.32 Å². The number of aromatic nitrogens is 1. The summed E-state index contributed by atoms with van der Waals surface area (Å²) in [5.74, 6) is 0.689. The summed E-state index contributed by atoms with van der Waals surface area (Å²) in [5, 5.41) is 6.69. The molecule has 0 aromatic carbocycles. The van der Waals surface area contributed by atoms with Crippen molar-refractivity contribution in [3.05, 3.63) is 17.5 Å². The number of aryl methyl sites for hydroxylation is 1. The highest BCUT2D eigenvalue weighted by Crippen LogP contribution is 2.08. The van der Waals surface area contributed by atoms with Gasteiger partial charge in [0.2, 0.25) is 5.91 Å². The minimum Gasteiger partial charge on any atom is -0.361 e. The van der Waals surface area contributed by atoms with Gasteiger partial charge in [0.05, 0.1) is 12.1 Å². The first-order valence-corrected chi connectivity index (χ1v) is 5.67. The van der Waals surface area contributed by atoms with Gasteiger partial charge in [-0.25, -0.2) is 0 Å². The molecule has 1 amide bonds. The van der Waals surface area contributed by atoms with E-state index in [0.29, 0.717) is 12.2 Å². The molecule has 0 aliphatic carbocycles. The first kappa shape index (κ1) is 13.7. The molecule has 0 fully saturated rings. The van der Waals surface area contributed by atoms with Crippen LogP contribution in [0.4, 0.5) is 0 Å². The smallest absolute Gasteiger partial charge is 0.226 e. The molecule has 1 N–H and O–H groups in total. The second-order valence-electron chi connectivity index (χ2n) is 5.09. The van der Waals surface area contributed by atoms with E-state index in [9.17, 15) is 4.79 Å². The number of carbonyl (C=O) groups is 1. The zero-order chi connectivity index (χ0) is 13.1. The van der Waals surface area contributed by atoms with Gasteiger partial charge in [0.1, 0.15) is 5.76 Å². The predicted octanol–water partition coefficient (Wildman–Crippen LogP) is 0.982. The van der Waals surface area contributed by atoms with Crippen LogP contribution in [-0.2, 0) is 11.2 Å². The van der Waals surface area contributed by atoms with Gasteiger partial charge in [-0.05, 0) is 34.9 Å². The second kappa shape index (κ2) is 5.31. The Bertz CT molecular complexity index is 383. The van der Waals surface area contributed by atoms with E-state index < -0.39 is 0 Å². The Morgan fingerprint density at radius 3 is 2.65 bits per heavy atom. The van der Waals surface area contributed by atoms with Crippen LogP contribution in [0.1, 0.15) is 25.3 Å². The van der Waals surface area contributed by atoms with Crippen LogP contribution in [0.2, 0.25) is 0 Å². The summed E-state index contributed by atoms with van der Waals surface area (Å²) in [6.45, 7) is 6.57. The van der Waals surface area contributed by atoms with Crippen molar-refractivity contribution >= 4 is 5.91 Å². The van der Waals surface area contributed by atoms with Crippen molar-refractivity contribution in [3.63, 3.8) is 0 Å². The van der Waals surface area contributed by atoms with Crippen LogP contribution in [0.25, 0.3) is 0 Å². The monoisotopic (exact) mass is 239 g/mol. The van der Waals surface area contributed by atoms with Crippen molar-refractivity contribution in [1.82, 2.24) is 15.4 Å². The van der Waals surface area contributed by atoms with Gasteiger partial charge < -0.3 is 14.7 Å². The standard InChI is InChI=1S/C12H21N3O2/c1-9-6-10(14-17-9)7-11(16)13-8-12(2,3)15(4)5/h6H,7-8H2,1-5H3,(H,13,16). The molecule has 0 aliphatic rings. The fourth-order valence-electron chi connectivity index (χ4n) is 1.20. The number of hydrogen-bond acceptors (Lipinski definition) is 4. The molecule has 0 saturated heterocycles. The molecule has 0 unspecified atom stereocenters. The van der Waals surface area contributed by atoms with Gasteiger partial charge >= 0.3 is 0 Å². The highest BCUT2D eigenvalue weighted by atomic mass is 16.5. The number of carbonyl (C=O) groups excluding carboxylic acids is 1. The van der Waals surface area contributed by atoms with E-state index in [1.165, 1.54) is 0 Å². The molecule has 0 saturated carbocycles. The summed E-state index contributed by atoms with van der Waals surface area (Å²) in [6, 6.07) is 1.77. The van der Waals surface area contributed by atoms with Crippen molar-refractivity contribution in [2.45, 2.75) is 32.7 Å². The average Bonchev–Trinajstić information content (AvgIpc) is 2.61.